The number of hydrogen-bond donors (Lipinski definition) is 1. The second-order valence-electron chi connectivity index (χ2n) is 6.87. The maximum atomic E-state index is 13.8. The van der Waals surface area contributed by atoms with Crippen LogP contribution >= 0.6 is 11.6 Å². The van der Waals surface area contributed by atoms with E-state index in [4.69, 9.17) is 11.6 Å². The zero-order valence-corrected chi connectivity index (χ0v) is 16.6. The molecule has 29 heavy (non-hydrogen) atoms. The lowest BCUT2D eigenvalue weighted by molar-refractivity contribution is -0.118. The van der Waals surface area contributed by atoms with Crippen molar-refractivity contribution in [1.82, 2.24) is 9.97 Å². The molecule has 2 aromatic heterocycles. The minimum absolute atomic E-state index is 0.105. The predicted octanol–water partition coefficient (Wildman–Crippen LogP) is 5.44. The summed E-state index contributed by atoms with van der Waals surface area (Å²) in [4.78, 5) is 22.6. The first-order valence-corrected chi connectivity index (χ1v) is 9.61. The van der Waals surface area contributed by atoms with Crippen LogP contribution in [0.2, 0.25) is 5.02 Å². The molecule has 4 aromatic rings. The molecule has 0 bridgehead atoms. The molecule has 2 aromatic carbocycles. The number of nitrogens with one attached hydrogen (secondary N) is 1. The third-order valence-corrected chi connectivity index (χ3v) is 5.15. The summed E-state index contributed by atoms with van der Waals surface area (Å²) in [6.07, 6.45) is 1.84. The third kappa shape index (κ3) is 4.15. The van der Waals surface area contributed by atoms with Gasteiger partial charge in [0.25, 0.3) is 0 Å². The summed E-state index contributed by atoms with van der Waals surface area (Å²) >= 11 is 6.02. The number of anilines is 1. The van der Waals surface area contributed by atoms with Gasteiger partial charge in [-0.05, 0) is 67.1 Å². The second-order valence-corrected chi connectivity index (χ2v) is 7.31. The van der Waals surface area contributed by atoms with E-state index < -0.39 is 0 Å². The van der Waals surface area contributed by atoms with Gasteiger partial charge in [-0.15, -0.1) is 0 Å². The van der Waals surface area contributed by atoms with E-state index >= 15 is 0 Å². The van der Waals surface area contributed by atoms with Gasteiger partial charge in [-0.1, -0.05) is 17.7 Å². The van der Waals surface area contributed by atoms with Gasteiger partial charge in [0.1, 0.15) is 5.82 Å². The molecular formula is C23H19ClFN3O. The van der Waals surface area contributed by atoms with Crippen molar-refractivity contribution in [2.24, 2.45) is 0 Å². The number of pyridine rings is 1. The van der Waals surface area contributed by atoms with Crippen LogP contribution in [0.4, 0.5) is 10.1 Å². The summed E-state index contributed by atoms with van der Waals surface area (Å²) in [5, 5.41) is 1.33. The third-order valence-electron chi connectivity index (χ3n) is 4.90. The van der Waals surface area contributed by atoms with Crippen molar-refractivity contribution in [3.05, 3.63) is 94.7 Å². The first-order valence-electron chi connectivity index (χ1n) is 9.24. The smallest absolute Gasteiger partial charge is 0.231 e. The lowest BCUT2D eigenvalue weighted by Gasteiger charge is -2.23. The number of H-pyrrole nitrogens is 1. The van der Waals surface area contributed by atoms with Crippen LogP contribution in [-0.4, -0.2) is 15.9 Å². The maximum absolute atomic E-state index is 13.8. The summed E-state index contributed by atoms with van der Waals surface area (Å²) in [6, 6.07) is 17.3. The van der Waals surface area contributed by atoms with E-state index in [1.54, 1.807) is 29.3 Å². The number of aryl methyl sites for hydroxylation is 1. The SMILES string of the molecule is Cc1[nH]c2ccc(F)cc2c1CC(=O)N(Cc1ccccn1)c1ccc(Cl)cc1. The van der Waals surface area contributed by atoms with Crippen LogP contribution in [-0.2, 0) is 17.8 Å². The first kappa shape index (κ1) is 19.2. The van der Waals surface area contributed by atoms with Gasteiger partial charge in [-0.25, -0.2) is 4.39 Å². The quantitative estimate of drug-likeness (QED) is 0.479. The number of aromatic nitrogens is 2. The van der Waals surface area contributed by atoms with Crippen LogP contribution in [0.25, 0.3) is 10.9 Å². The summed E-state index contributed by atoms with van der Waals surface area (Å²) in [6.45, 7) is 2.23. The van der Waals surface area contributed by atoms with Crippen LogP contribution < -0.4 is 4.90 Å². The van der Waals surface area contributed by atoms with Gasteiger partial charge in [0, 0.05) is 33.5 Å². The Morgan fingerprint density at radius 2 is 1.93 bits per heavy atom. The van der Waals surface area contributed by atoms with E-state index in [-0.39, 0.29) is 18.1 Å². The fourth-order valence-corrected chi connectivity index (χ4v) is 3.55. The van der Waals surface area contributed by atoms with E-state index in [0.717, 1.165) is 33.5 Å². The second kappa shape index (κ2) is 8.05. The normalized spacial score (nSPS) is 11.0. The first-order chi connectivity index (χ1) is 14.0. The molecule has 0 aliphatic rings. The Balaban J connectivity index is 1.69. The summed E-state index contributed by atoms with van der Waals surface area (Å²) in [5.74, 6) is -0.431. The Bertz CT molecular complexity index is 1160. The standard InChI is InChI=1S/C23H19ClFN3O/c1-15-20(21-12-17(25)7-10-22(21)27-15)13-23(29)28(14-18-4-2-3-11-26-18)19-8-5-16(24)6-9-19/h2-12,27H,13-14H2,1H3. The molecule has 0 aliphatic carbocycles. The number of aromatic amines is 1. The number of halogens is 2. The van der Waals surface area contributed by atoms with Crippen molar-refractivity contribution in [2.45, 2.75) is 19.9 Å². The number of rotatable bonds is 5. The van der Waals surface area contributed by atoms with Crippen molar-refractivity contribution < 1.29 is 9.18 Å². The molecule has 0 saturated carbocycles. The molecule has 1 N–H and O–H groups in total. The van der Waals surface area contributed by atoms with Crippen LogP contribution in [0.3, 0.4) is 0 Å². The van der Waals surface area contributed by atoms with Gasteiger partial charge in [0.2, 0.25) is 5.91 Å². The highest BCUT2D eigenvalue weighted by Crippen LogP contribution is 2.26. The number of benzene rings is 2. The Labute approximate surface area is 173 Å². The molecule has 4 rings (SSSR count). The van der Waals surface area contributed by atoms with Crippen LogP contribution in [0, 0.1) is 12.7 Å². The summed E-state index contributed by atoms with van der Waals surface area (Å²) < 4.78 is 13.8. The van der Waals surface area contributed by atoms with Gasteiger partial charge in [0.15, 0.2) is 0 Å². The Morgan fingerprint density at radius 3 is 2.66 bits per heavy atom. The molecule has 0 unspecified atom stereocenters. The fourth-order valence-electron chi connectivity index (χ4n) is 3.43. The molecule has 6 heteroatoms. The Kier molecular flexibility index (Phi) is 5.32. The van der Waals surface area contributed by atoms with E-state index in [9.17, 15) is 9.18 Å². The predicted molar refractivity (Wildman–Crippen MR) is 114 cm³/mol. The van der Waals surface area contributed by atoms with Crippen LogP contribution in [0.5, 0.6) is 0 Å². The Morgan fingerprint density at radius 1 is 1.14 bits per heavy atom. The minimum atomic E-state index is -0.326. The lowest BCUT2D eigenvalue weighted by atomic mass is 10.1. The number of fused-ring (bicyclic) bond motifs is 1. The highest BCUT2D eigenvalue weighted by atomic mass is 35.5. The van der Waals surface area contributed by atoms with Crippen LogP contribution in [0.15, 0.2) is 66.9 Å². The van der Waals surface area contributed by atoms with Gasteiger partial charge in [-0.3, -0.25) is 9.78 Å². The molecule has 0 fully saturated rings. The molecular weight excluding hydrogens is 389 g/mol. The van der Waals surface area contributed by atoms with Gasteiger partial charge < -0.3 is 9.88 Å². The highest BCUT2D eigenvalue weighted by molar-refractivity contribution is 6.30. The van der Waals surface area contributed by atoms with Crippen molar-refractivity contribution >= 4 is 34.1 Å². The van der Waals surface area contributed by atoms with Crippen LogP contribution in [0.1, 0.15) is 17.0 Å². The van der Waals surface area contributed by atoms with E-state index in [2.05, 4.69) is 9.97 Å². The fraction of sp³-hybridized carbons (Fsp3) is 0.130. The average molecular weight is 408 g/mol. The highest BCUT2D eigenvalue weighted by Gasteiger charge is 2.20. The minimum Gasteiger partial charge on any atom is -0.358 e. The number of carbonyl (C=O) groups is 1. The molecule has 2 heterocycles. The largest absolute Gasteiger partial charge is 0.358 e. The van der Waals surface area contributed by atoms with Crippen molar-refractivity contribution in [3.8, 4) is 0 Å². The molecule has 0 spiro atoms. The number of hydrogen-bond acceptors (Lipinski definition) is 2. The molecule has 0 radical (unpaired) electrons. The van der Waals surface area contributed by atoms with Gasteiger partial charge >= 0.3 is 0 Å². The molecule has 4 nitrogen and oxygen atoms in total. The maximum Gasteiger partial charge on any atom is 0.231 e. The average Bonchev–Trinajstić information content (AvgIpc) is 3.02. The molecule has 146 valence electrons. The Hall–Kier alpha value is -3.18. The van der Waals surface area contributed by atoms with Crippen molar-refractivity contribution in [1.29, 1.82) is 0 Å². The van der Waals surface area contributed by atoms with Gasteiger partial charge in [0.05, 0.1) is 18.7 Å². The summed E-state index contributed by atoms with van der Waals surface area (Å²) in [7, 11) is 0. The number of nitrogens with zero attached hydrogens (tertiary/aromatic N) is 2. The van der Waals surface area contributed by atoms with Gasteiger partial charge in [-0.2, -0.15) is 0 Å². The van der Waals surface area contributed by atoms with Crippen molar-refractivity contribution in [2.75, 3.05) is 4.90 Å². The van der Waals surface area contributed by atoms with E-state index in [1.807, 2.05) is 37.3 Å². The number of carbonyl (C=O) groups excluding carboxylic acids is 1. The monoisotopic (exact) mass is 407 g/mol. The number of amides is 1. The molecule has 0 saturated heterocycles. The molecule has 0 aliphatic heterocycles. The molecule has 1 amide bonds. The van der Waals surface area contributed by atoms with E-state index in [0.29, 0.717) is 11.6 Å². The zero-order chi connectivity index (χ0) is 20.4. The van der Waals surface area contributed by atoms with E-state index in [1.165, 1.54) is 12.1 Å². The molecule has 0 atom stereocenters. The summed E-state index contributed by atoms with van der Waals surface area (Å²) in [5.41, 5.74) is 3.97. The topological polar surface area (TPSA) is 49.0 Å². The van der Waals surface area contributed by atoms with Crippen molar-refractivity contribution in [3.63, 3.8) is 0 Å². The lowest BCUT2D eigenvalue weighted by Crippen LogP contribution is -2.32. The zero-order valence-electron chi connectivity index (χ0n) is 15.8.